The molecule has 2 amide bonds. The molecular weight excluding hydrogens is 448 g/mol. The Balaban J connectivity index is 1.10. The monoisotopic (exact) mass is 484 g/mol. The molecule has 0 unspecified atom stereocenters. The normalized spacial score (nSPS) is 18.8. The lowest BCUT2D eigenvalue weighted by molar-refractivity contribution is 0.145. The lowest BCUT2D eigenvalue weighted by Gasteiger charge is -2.39. The molecule has 3 aliphatic heterocycles. The van der Waals surface area contributed by atoms with Gasteiger partial charge in [-0.2, -0.15) is 0 Å². The number of piperazine rings is 1. The highest BCUT2D eigenvalue weighted by Gasteiger charge is 2.29. The second-order valence-electron chi connectivity index (χ2n) is 9.36. The van der Waals surface area contributed by atoms with Crippen LogP contribution in [-0.4, -0.2) is 86.8 Å². The fraction of sp³-hybridized carbons (Fsp3) is 0.577. The highest BCUT2D eigenvalue weighted by atomic mass is 32.1. The quantitative estimate of drug-likeness (QED) is 0.558. The van der Waals surface area contributed by atoms with Gasteiger partial charge in [0.2, 0.25) is 0 Å². The van der Waals surface area contributed by atoms with Crippen molar-refractivity contribution in [2.24, 2.45) is 0 Å². The fourth-order valence-corrected chi connectivity index (χ4v) is 6.27. The Kier molecular flexibility index (Phi) is 7.45. The summed E-state index contributed by atoms with van der Waals surface area (Å²) in [6.07, 6.45) is 4.68. The summed E-state index contributed by atoms with van der Waals surface area (Å²) in [5, 5.41) is 1.01. The van der Waals surface area contributed by atoms with E-state index in [9.17, 15) is 4.79 Å². The molecule has 184 valence electrons. The standard InChI is InChI=1S/C26H36N4O3S/c1-32-23-8-3-2-7-22(23)28-14-16-29(17-15-28)26(31)30-13-9-24-21(20-30)19-25(34-24)33-18-6-12-27-10-4-5-11-27/h2-3,7-8,19H,4-6,9-18,20H2,1H3. The van der Waals surface area contributed by atoms with E-state index in [4.69, 9.17) is 9.47 Å². The van der Waals surface area contributed by atoms with Gasteiger partial charge in [0.15, 0.2) is 5.06 Å². The van der Waals surface area contributed by atoms with E-state index in [1.165, 1.54) is 36.4 Å². The van der Waals surface area contributed by atoms with Crippen LogP contribution < -0.4 is 14.4 Å². The van der Waals surface area contributed by atoms with Gasteiger partial charge in [0.05, 0.1) is 19.4 Å². The number of benzene rings is 1. The molecule has 0 atom stereocenters. The number of fused-ring (bicyclic) bond motifs is 1. The molecule has 2 fully saturated rings. The van der Waals surface area contributed by atoms with Crippen molar-refractivity contribution < 1.29 is 14.3 Å². The van der Waals surface area contributed by atoms with Gasteiger partial charge in [-0.1, -0.05) is 12.1 Å². The number of hydrogen-bond donors (Lipinski definition) is 0. The number of urea groups is 1. The lowest BCUT2D eigenvalue weighted by atomic mass is 10.1. The van der Waals surface area contributed by atoms with Crippen molar-refractivity contribution in [1.82, 2.24) is 14.7 Å². The SMILES string of the molecule is COc1ccccc1N1CCN(C(=O)N2CCc3sc(OCCCN4CCCC4)cc3C2)CC1. The first kappa shape index (κ1) is 23.3. The first-order valence-corrected chi connectivity index (χ1v) is 13.4. The summed E-state index contributed by atoms with van der Waals surface area (Å²) in [4.78, 5) is 23.5. The van der Waals surface area contributed by atoms with Gasteiger partial charge >= 0.3 is 6.03 Å². The summed E-state index contributed by atoms with van der Waals surface area (Å²) in [6, 6.07) is 10.4. The van der Waals surface area contributed by atoms with Gasteiger partial charge in [-0.3, -0.25) is 0 Å². The van der Waals surface area contributed by atoms with E-state index in [-0.39, 0.29) is 6.03 Å². The molecule has 7 nitrogen and oxygen atoms in total. The minimum Gasteiger partial charge on any atom is -0.495 e. The Bertz CT molecular complexity index is 967. The predicted molar refractivity (Wildman–Crippen MR) is 136 cm³/mol. The van der Waals surface area contributed by atoms with Crippen LogP contribution in [0.1, 0.15) is 29.7 Å². The van der Waals surface area contributed by atoms with Crippen LogP contribution in [0.5, 0.6) is 10.8 Å². The highest BCUT2D eigenvalue weighted by molar-refractivity contribution is 7.14. The average Bonchev–Trinajstić information content (AvgIpc) is 3.55. The number of amides is 2. The molecule has 0 radical (unpaired) electrons. The third-order valence-electron chi connectivity index (χ3n) is 7.15. The van der Waals surface area contributed by atoms with E-state index in [1.807, 2.05) is 28.0 Å². The average molecular weight is 485 g/mol. The van der Waals surface area contributed by atoms with E-state index in [1.54, 1.807) is 18.4 Å². The van der Waals surface area contributed by atoms with Crippen molar-refractivity contribution in [3.8, 4) is 10.8 Å². The molecule has 1 aromatic carbocycles. The fourth-order valence-electron chi connectivity index (χ4n) is 5.24. The molecule has 0 bridgehead atoms. The van der Waals surface area contributed by atoms with Crippen molar-refractivity contribution in [2.45, 2.75) is 32.2 Å². The molecular formula is C26H36N4O3S. The Labute approximate surface area is 206 Å². The minimum absolute atomic E-state index is 0.157. The molecule has 2 saturated heterocycles. The van der Waals surface area contributed by atoms with Crippen LogP contribution in [0.15, 0.2) is 30.3 Å². The van der Waals surface area contributed by atoms with Crippen molar-refractivity contribution in [2.75, 3.05) is 71.0 Å². The lowest BCUT2D eigenvalue weighted by Crippen LogP contribution is -2.53. The van der Waals surface area contributed by atoms with Crippen LogP contribution in [0, 0.1) is 0 Å². The summed E-state index contributed by atoms with van der Waals surface area (Å²) in [5.74, 6) is 0.886. The highest BCUT2D eigenvalue weighted by Crippen LogP contribution is 2.34. The van der Waals surface area contributed by atoms with Crippen LogP contribution in [-0.2, 0) is 13.0 Å². The molecule has 0 aliphatic carbocycles. The van der Waals surface area contributed by atoms with Gasteiger partial charge in [-0.15, -0.1) is 11.3 Å². The van der Waals surface area contributed by atoms with Crippen molar-refractivity contribution >= 4 is 23.1 Å². The number of likely N-dealkylation sites (tertiary alicyclic amines) is 1. The molecule has 5 rings (SSSR count). The zero-order valence-corrected chi connectivity index (χ0v) is 21.0. The number of rotatable bonds is 7. The van der Waals surface area contributed by atoms with Gasteiger partial charge in [0.1, 0.15) is 5.75 Å². The van der Waals surface area contributed by atoms with Gasteiger partial charge in [0, 0.05) is 50.7 Å². The number of nitrogens with zero attached hydrogens (tertiary/aromatic N) is 4. The van der Waals surface area contributed by atoms with Gasteiger partial charge in [-0.05, 0) is 62.5 Å². The van der Waals surface area contributed by atoms with Crippen LogP contribution >= 0.6 is 11.3 Å². The third kappa shape index (κ3) is 5.28. The van der Waals surface area contributed by atoms with Crippen molar-refractivity contribution in [3.63, 3.8) is 0 Å². The van der Waals surface area contributed by atoms with Crippen molar-refractivity contribution in [3.05, 3.63) is 40.8 Å². The molecule has 8 heteroatoms. The molecule has 0 N–H and O–H groups in total. The van der Waals surface area contributed by atoms with Crippen LogP contribution in [0.3, 0.4) is 0 Å². The summed E-state index contributed by atoms with van der Waals surface area (Å²) >= 11 is 1.76. The first-order valence-electron chi connectivity index (χ1n) is 12.6. The maximum atomic E-state index is 13.2. The largest absolute Gasteiger partial charge is 0.495 e. The number of methoxy groups -OCH3 is 1. The summed E-state index contributed by atoms with van der Waals surface area (Å²) < 4.78 is 11.6. The third-order valence-corrected chi connectivity index (χ3v) is 8.30. The smallest absolute Gasteiger partial charge is 0.320 e. The Morgan fingerprint density at radius 1 is 1.00 bits per heavy atom. The number of carbonyl (C=O) groups excluding carboxylic acids is 1. The molecule has 0 spiro atoms. The maximum Gasteiger partial charge on any atom is 0.320 e. The Morgan fingerprint density at radius 2 is 1.79 bits per heavy atom. The first-order chi connectivity index (χ1) is 16.7. The second kappa shape index (κ2) is 10.9. The Morgan fingerprint density at radius 3 is 2.59 bits per heavy atom. The van der Waals surface area contributed by atoms with E-state index in [0.717, 1.165) is 75.2 Å². The number of thiophene rings is 1. The maximum absolute atomic E-state index is 13.2. The zero-order valence-electron chi connectivity index (χ0n) is 20.2. The van der Waals surface area contributed by atoms with E-state index < -0.39 is 0 Å². The summed E-state index contributed by atoms with van der Waals surface area (Å²) in [5.41, 5.74) is 2.36. The van der Waals surface area contributed by atoms with E-state index >= 15 is 0 Å². The number of ether oxygens (including phenoxy) is 2. The number of para-hydroxylation sites is 2. The van der Waals surface area contributed by atoms with Crippen LogP contribution in [0.4, 0.5) is 10.5 Å². The van der Waals surface area contributed by atoms with Crippen LogP contribution in [0.2, 0.25) is 0 Å². The predicted octanol–water partition coefficient (Wildman–Crippen LogP) is 3.92. The topological polar surface area (TPSA) is 48.5 Å². The summed E-state index contributed by atoms with van der Waals surface area (Å²) in [7, 11) is 1.71. The number of carbonyl (C=O) groups is 1. The van der Waals surface area contributed by atoms with Gasteiger partial charge in [-0.25, -0.2) is 4.79 Å². The van der Waals surface area contributed by atoms with E-state index in [2.05, 4.69) is 21.9 Å². The Hall–Kier alpha value is -2.45. The zero-order chi connectivity index (χ0) is 23.3. The minimum atomic E-state index is 0.157. The number of hydrogen-bond acceptors (Lipinski definition) is 6. The molecule has 2 aromatic rings. The molecule has 34 heavy (non-hydrogen) atoms. The molecule has 0 saturated carbocycles. The summed E-state index contributed by atoms with van der Waals surface area (Å²) in [6.45, 7) is 8.97. The molecule has 3 aliphatic rings. The second-order valence-corrected chi connectivity index (χ2v) is 10.5. The van der Waals surface area contributed by atoms with E-state index in [0.29, 0.717) is 6.54 Å². The van der Waals surface area contributed by atoms with Gasteiger partial charge < -0.3 is 29.1 Å². The van der Waals surface area contributed by atoms with Crippen molar-refractivity contribution in [1.29, 1.82) is 0 Å². The molecule has 4 heterocycles. The van der Waals surface area contributed by atoms with Crippen LogP contribution in [0.25, 0.3) is 0 Å². The van der Waals surface area contributed by atoms with Gasteiger partial charge in [0.25, 0.3) is 0 Å². The molecule has 1 aromatic heterocycles. The number of anilines is 1.